The minimum Gasteiger partial charge on any atom is -0.388 e. The van der Waals surface area contributed by atoms with E-state index in [0.29, 0.717) is 32.6 Å². The van der Waals surface area contributed by atoms with Crippen LogP contribution < -0.4 is 0 Å². The van der Waals surface area contributed by atoms with E-state index < -0.39 is 10.9 Å². The molecule has 0 aliphatic carbocycles. The second-order valence-electron chi connectivity index (χ2n) is 3.97. The van der Waals surface area contributed by atoms with Crippen LogP contribution in [0.4, 0.5) is 0 Å². The molecule has 4 nitrogen and oxygen atoms in total. The lowest BCUT2D eigenvalue weighted by atomic mass is 9.89. The molecule has 0 spiro atoms. The van der Waals surface area contributed by atoms with Crippen molar-refractivity contribution >= 4 is 18.5 Å². The Morgan fingerprint density at radius 3 is 2.60 bits per heavy atom. The van der Waals surface area contributed by atoms with Gasteiger partial charge in [0.15, 0.2) is 0 Å². The first kappa shape index (κ1) is 12.8. The molecule has 1 heterocycles. The number of carbonyl (C=O) groups is 1. The van der Waals surface area contributed by atoms with Crippen molar-refractivity contribution in [1.29, 1.82) is 0 Å². The monoisotopic (exact) mass is 233 g/mol. The molecule has 1 N–H and O–H groups in total. The Balaban J connectivity index is 2.64. The molecule has 0 aromatic rings. The van der Waals surface area contributed by atoms with Crippen LogP contribution in [-0.4, -0.2) is 53.6 Å². The molecular formula is C10H19NO3S. The zero-order chi connectivity index (χ0) is 11.5. The van der Waals surface area contributed by atoms with Crippen molar-refractivity contribution in [2.75, 3.05) is 26.8 Å². The van der Waals surface area contributed by atoms with E-state index in [1.807, 2.05) is 6.92 Å². The average molecular weight is 233 g/mol. The number of ether oxygens (including phenoxy) is 1. The molecule has 0 aromatic carbocycles. The van der Waals surface area contributed by atoms with Gasteiger partial charge in [-0.3, -0.25) is 4.79 Å². The molecular weight excluding hydrogens is 214 g/mol. The highest BCUT2D eigenvalue weighted by Crippen LogP contribution is 2.28. The lowest BCUT2D eigenvalue weighted by Gasteiger charge is -2.37. The molecule has 1 aliphatic heterocycles. The smallest absolute Gasteiger partial charge is 0.238 e. The van der Waals surface area contributed by atoms with Crippen molar-refractivity contribution in [3.05, 3.63) is 0 Å². The van der Waals surface area contributed by atoms with Crippen LogP contribution in [-0.2, 0) is 9.53 Å². The van der Waals surface area contributed by atoms with Gasteiger partial charge in [0.2, 0.25) is 5.91 Å². The zero-order valence-electron chi connectivity index (χ0n) is 9.27. The molecule has 1 amide bonds. The third-order valence-corrected chi connectivity index (χ3v) is 3.65. The summed E-state index contributed by atoms with van der Waals surface area (Å²) in [5.74, 6) is -0.120. The van der Waals surface area contributed by atoms with Gasteiger partial charge in [0.1, 0.15) is 5.25 Å². The van der Waals surface area contributed by atoms with Gasteiger partial charge in [-0.15, -0.1) is 0 Å². The fourth-order valence-corrected chi connectivity index (χ4v) is 2.05. The predicted molar refractivity (Wildman–Crippen MR) is 61.1 cm³/mol. The van der Waals surface area contributed by atoms with Gasteiger partial charge in [0, 0.05) is 39.6 Å². The van der Waals surface area contributed by atoms with Gasteiger partial charge < -0.3 is 14.7 Å². The van der Waals surface area contributed by atoms with E-state index in [1.54, 1.807) is 11.9 Å². The van der Waals surface area contributed by atoms with E-state index in [2.05, 4.69) is 12.6 Å². The maximum atomic E-state index is 11.8. The second-order valence-corrected chi connectivity index (χ2v) is 4.49. The number of nitrogens with zero attached hydrogens (tertiary/aromatic N) is 1. The van der Waals surface area contributed by atoms with Gasteiger partial charge in [-0.05, 0) is 6.92 Å². The van der Waals surface area contributed by atoms with Crippen LogP contribution in [0.2, 0.25) is 0 Å². The normalized spacial score (nSPS) is 22.1. The zero-order valence-corrected chi connectivity index (χ0v) is 10.2. The molecule has 5 heteroatoms. The molecule has 1 aliphatic rings. The van der Waals surface area contributed by atoms with Crippen molar-refractivity contribution in [1.82, 2.24) is 4.90 Å². The van der Waals surface area contributed by atoms with Crippen LogP contribution in [0.5, 0.6) is 0 Å². The fraction of sp³-hybridized carbons (Fsp3) is 0.900. The molecule has 0 bridgehead atoms. The number of hydrogen-bond acceptors (Lipinski definition) is 4. The first-order chi connectivity index (χ1) is 7.01. The van der Waals surface area contributed by atoms with Crippen LogP contribution >= 0.6 is 12.6 Å². The van der Waals surface area contributed by atoms with Gasteiger partial charge in [0.05, 0.1) is 5.60 Å². The summed E-state index contributed by atoms with van der Waals surface area (Å²) < 4.78 is 5.16. The van der Waals surface area contributed by atoms with E-state index in [9.17, 15) is 9.90 Å². The van der Waals surface area contributed by atoms with Crippen LogP contribution in [0.15, 0.2) is 0 Å². The van der Waals surface area contributed by atoms with Gasteiger partial charge in [0.25, 0.3) is 0 Å². The second kappa shape index (κ2) is 5.18. The largest absolute Gasteiger partial charge is 0.388 e. The molecule has 0 radical (unpaired) electrons. The number of aliphatic hydroxyl groups is 1. The Morgan fingerprint density at radius 2 is 2.13 bits per heavy atom. The van der Waals surface area contributed by atoms with Crippen LogP contribution in [0.25, 0.3) is 0 Å². The summed E-state index contributed by atoms with van der Waals surface area (Å²) in [5.41, 5.74) is -1.01. The van der Waals surface area contributed by atoms with Crippen molar-refractivity contribution in [3.8, 4) is 0 Å². The lowest BCUT2D eigenvalue weighted by Crippen LogP contribution is -2.51. The molecule has 1 unspecified atom stereocenters. The minimum absolute atomic E-state index is 0.120. The molecule has 1 fully saturated rings. The number of carbonyl (C=O) groups excluding carboxylic acids is 1. The average Bonchev–Trinajstić information content (AvgIpc) is 2.27. The van der Waals surface area contributed by atoms with Crippen molar-refractivity contribution in [2.45, 2.75) is 30.6 Å². The van der Waals surface area contributed by atoms with E-state index in [0.717, 1.165) is 0 Å². The van der Waals surface area contributed by atoms with Crippen LogP contribution in [0.3, 0.4) is 0 Å². The van der Waals surface area contributed by atoms with Crippen LogP contribution in [0, 0.1) is 0 Å². The molecule has 0 saturated carbocycles. The number of amides is 1. The molecule has 0 aromatic heterocycles. The van der Waals surface area contributed by atoms with E-state index in [4.69, 9.17) is 4.74 Å². The van der Waals surface area contributed by atoms with Gasteiger partial charge in [-0.25, -0.2) is 0 Å². The maximum Gasteiger partial charge on any atom is 0.238 e. The Morgan fingerprint density at radius 1 is 1.60 bits per heavy atom. The Labute approximate surface area is 96.0 Å². The van der Waals surface area contributed by atoms with Gasteiger partial charge >= 0.3 is 0 Å². The third-order valence-electron chi connectivity index (χ3n) is 2.95. The molecule has 1 saturated heterocycles. The lowest BCUT2D eigenvalue weighted by molar-refractivity contribution is -0.137. The Kier molecular flexibility index (Phi) is 4.43. The SMILES string of the molecule is CCN(C)C(=O)C(S)C1(O)CCOCC1. The molecule has 88 valence electrons. The highest BCUT2D eigenvalue weighted by molar-refractivity contribution is 7.81. The van der Waals surface area contributed by atoms with Crippen molar-refractivity contribution in [3.63, 3.8) is 0 Å². The first-order valence-electron chi connectivity index (χ1n) is 5.24. The molecule has 1 rings (SSSR count). The maximum absolute atomic E-state index is 11.8. The summed E-state index contributed by atoms with van der Waals surface area (Å²) in [7, 11) is 1.72. The Hall–Kier alpha value is -0.260. The summed E-state index contributed by atoms with van der Waals surface area (Å²) in [6.45, 7) is 3.52. The number of thiol groups is 1. The topological polar surface area (TPSA) is 49.8 Å². The van der Waals surface area contributed by atoms with Crippen molar-refractivity contribution in [2.24, 2.45) is 0 Å². The summed E-state index contributed by atoms with van der Waals surface area (Å²) in [6.07, 6.45) is 0.953. The molecule has 15 heavy (non-hydrogen) atoms. The minimum atomic E-state index is -1.01. The van der Waals surface area contributed by atoms with E-state index >= 15 is 0 Å². The summed E-state index contributed by atoms with van der Waals surface area (Å²) in [6, 6.07) is 0. The fourth-order valence-electron chi connectivity index (χ4n) is 1.59. The van der Waals surface area contributed by atoms with Crippen molar-refractivity contribution < 1.29 is 14.6 Å². The van der Waals surface area contributed by atoms with Crippen LogP contribution in [0.1, 0.15) is 19.8 Å². The van der Waals surface area contributed by atoms with Gasteiger partial charge in [-0.2, -0.15) is 12.6 Å². The number of rotatable bonds is 3. The van der Waals surface area contributed by atoms with E-state index in [-0.39, 0.29) is 5.91 Å². The van der Waals surface area contributed by atoms with E-state index in [1.165, 1.54) is 0 Å². The molecule has 1 atom stereocenters. The third kappa shape index (κ3) is 2.86. The summed E-state index contributed by atoms with van der Waals surface area (Å²) in [4.78, 5) is 13.4. The predicted octanol–water partition coefficient (Wildman–Crippen LogP) is 0.305. The highest BCUT2D eigenvalue weighted by atomic mass is 32.1. The summed E-state index contributed by atoms with van der Waals surface area (Å²) in [5, 5.41) is 9.60. The van der Waals surface area contributed by atoms with Gasteiger partial charge in [-0.1, -0.05) is 0 Å². The first-order valence-corrected chi connectivity index (χ1v) is 5.76. The highest BCUT2D eigenvalue weighted by Gasteiger charge is 2.41. The summed E-state index contributed by atoms with van der Waals surface area (Å²) >= 11 is 4.25. The Bertz CT molecular complexity index is 229. The standard InChI is InChI=1S/C10H19NO3S/c1-3-11(2)9(12)8(15)10(13)4-6-14-7-5-10/h8,13,15H,3-7H2,1-2H3. The quantitative estimate of drug-likeness (QED) is 0.690. The number of hydrogen-bond donors (Lipinski definition) is 2.